The summed E-state index contributed by atoms with van der Waals surface area (Å²) in [6.45, 7) is 6.17. The summed E-state index contributed by atoms with van der Waals surface area (Å²) in [5, 5.41) is 2.93. The Bertz CT molecular complexity index is 252. The van der Waals surface area contributed by atoms with E-state index in [0.717, 1.165) is 12.8 Å². The van der Waals surface area contributed by atoms with Gasteiger partial charge in [-0.25, -0.2) is 0 Å². The van der Waals surface area contributed by atoms with Crippen LogP contribution in [-0.2, 0) is 9.59 Å². The highest BCUT2D eigenvalue weighted by Gasteiger charge is 2.30. The van der Waals surface area contributed by atoms with Gasteiger partial charge in [0.25, 0.3) is 0 Å². The van der Waals surface area contributed by atoms with Crippen molar-refractivity contribution in [3.05, 3.63) is 0 Å². The molecule has 5 nitrogen and oxygen atoms in total. The van der Waals surface area contributed by atoms with E-state index in [4.69, 9.17) is 5.73 Å². The number of nitrogens with two attached hydrogens (primary N) is 1. The van der Waals surface area contributed by atoms with E-state index >= 15 is 0 Å². The van der Waals surface area contributed by atoms with E-state index in [9.17, 15) is 9.59 Å². The lowest BCUT2D eigenvalue weighted by molar-refractivity contribution is -0.140. The number of nitrogens with one attached hydrogen (secondary N) is 1. The van der Waals surface area contributed by atoms with Gasteiger partial charge in [0.2, 0.25) is 11.8 Å². The summed E-state index contributed by atoms with van der Waals surface area (Å²) in [6, 6.07) is 0. The number of rotatable bonds is 7. The van der Waals surface area contributed by atoms with Crippen LogP contribution in [-0.4, -0.2) is 42.4 Å². The Balaban J connectivity index is 4.61. The Morgan fingerprint density at radius 2 is 1.94 bits per heavy atom. The largest absolute Gasteiger partial charge is 0.368 e. The second kappa shape index (κ2) is 6.48. The standard InChI is InChI=1S/C11H23N3O2/c1-5-6-7-14(8-9(12)15)10(16)11(2,3)13-4/h13H,5-8H2,1-4H3,(H2,12,15). The molecular weight excluding hydrogens is 206 g/mol. The van der Waals surface area contributed by atoms with Crippen molar-refractivity contribution in [3.8, 4) is 0 Å². The van der Waals surface area contributed by atoms with Gasteiger partial charge in [-0.2, -0.15) is 0 Å². The van der Waals surface area contributed by atoms with Crippen LogP contribution < -0.4 is 11.1 Å². The summed E-state index contributed by atoms with van der Waals surface area (Å²) in [4.78, 5) is 24.5. The van der Waals surface area contributed by atoms with E-state index < -0.39 is 11.4 Å². The number of hydrogen-bond donors (Lipinski definition) is 2. The van der Waals surface area contributed by atoms with Crippen LogP contribution in [0.1, 0.15) is 33.6 Å². The van der Waals surface area contributed by atoms with Gasteiger partial charge in [0.05, 0.1) is 12.1 Å². The molecule has 0 aliphatic rings. The number of likely N-dealkylation sites (N-methyl/N-ethyl adjacent to an activating group) is 1. The van der Waals surface area contributed by atoms with Crippen LogP contribution in [0.3, 0.4) is 0 Å². The fourth-order valence-electron chi connectivity index (χ4n) is 1.29. The minimum atomic E-state index is -0.664. The molecule has 0 radical (unpaired) electrons. The highest BCUT2D eigenvalue weighted by Crippen LogP contribution is 2.08. The van der Waals surface area contributed by atoms with Crippen LogP contribution in [0.5, 0.6) is 0 Å². The fraction of sp³-hybridized carbons (Fsp3) is 0.818. The van der Waals surface area contributed by atoms with Crippen molar-refractivity contribution in [1.29, 1.82) is 0 Å². The van der Waals surface area contributed by atoms with Crippen molar-refractivity contribution in [2.45, 2.75) is 39.2 Å². The molecule has 0 rings (SSSR count). The molecule has 5 heteroatoms. The first-order valence-corrected chi connectivity index (χ1v) is 5.61. The van der Waals surface area contributed by atoms with Gasteiger partial charge in [0, 0.05) is 6.54 Å². The lowest BCUT2D eigenvalue weighted by atomic mass is 10.0. The van der Waals surface area contributed by atoms with Gasteiger partial charge in [0.15, 0.2) is 0 Å². The van der Waals surface area contributed by atoms with E-state index in [2.05, 4.69) is 5.32 Å². The maximum Gasteiger partial charge on any atom is 0.242 e. The average Bonchev–Trinajstić information content (AvgIpc) is 2.22. The smallest absolute Gasteiger partial charge is 0.242 e. The average molecular weight is 229 g/mol. The van der Waals surface area contributed by atoms with Crippen molar-refractivity contribution in [2.24, 2.45) is 5.73 Å². The third-order valence-corrected chi connectivity index (χ3v) is 2.58. The Labute approximate surface area is 97.4 Å². The molecule has 94 valence electrons. The lowest BCUT2D eigenvalue weighted by Gasteiger charge is -2.31. The number of carbonyl (C=O) groups is 2. The highest BCUT2D eigenvalue weighted by atomic mass is 16.2. The van der Waals surface area contributed by atoms with E-state index in [1.54, 1.807) is 20.9 Å². The quantitative estimate of drug-likeness (QED) is 0.650. The van der Waals surface area contributed by atoms with E-state index in [1.165, 1.54) is 4.90 Å². The number of primary amides is 1. The van der Waals surface area contributed by atoms with Crippen LogP contribution in [0.2, 0.25) is 0 Å². The Kier molecular flexibility index (Phi) is 6.03. The van der Waals surface area contributed by atoms with Crippen LogP contribution in [0, 0.1) is 0 Å². The van der Waals surface area contributed by atoms with Crippen LogP contribution in [0.15, 0.2) is 0 Å². The molecule has 0 aliphatic carbocycles. The molecule has 0 unspecified atom stereocenters. The first-order chi connectivity index (χ1) is 7.35. The predicted octanol–water partition coefficient (Wildman–Crippen LogP) is 0.0984. The van der Waals surface area contributed by atoms with Gasteiger partial charge in [-0.1, -0.05) is 13.3 Å². The zero-order chi connectivity index (χ0) is 12.8. The van der Waals surface area contributed by atoms with E-state index in [-0.39, 0.29) is 12.5 Å². The van der Waals surface area contributed by atoms with E-state index in [1.807, 2.05) is 6.92 Å². The summed E-state index contributed by atoms with van der Waals surface area (Å²) in [6.07, 6.45) is 1.85. The zero-order valence-corrected chi connectivity index (χ0v) is 10.7. The summed E-state index contributed by atoms with van der Waals surface area (Å²) in [5.74, 6) is -0.571. The molecule has 0 aliphatic heterocycles. The van der Waals surface area contributed by atoms with Gasteiger partial charge >= 0.3 is 0 Å². The molecule has 3 N–H and O–H groups in total. The van der Waals surface area contributed by atoms with Gasteiger partial charge in [-0.3, -0.25) is 9.59 Å². The summed E-state index contributed by atoms with van der Waals surface area (Å²) in [7, 11) is 1.72. The first kappa shape index (κ1) is 14.9. The molecule has 0 saturated carbocycles. The van der Waals surface area contributed by atoms with E-state index in [0.29, 0.717) is 6.54 Å². The van der Waals surface area contributed by atoms with Crippen molar-refractivity contribution < 1.29 is 9.59 Å². The Hall–Kier alpha value is -1.10. The molecule has 0 bridgehead atoms. The SMILES string of the molecule is CCCCN(CC(N)=O)C(=O)C(C)(C)NC. The maximum absolute atomic E-state index is 12.1. The summed E-state index contributed by atoms with van der Waals surface area (Å²) in [5.41, 5.74) is 4.47. The number of unbranched alkanes of at least 4 members (excludes halogenated alkanes) is 1. The Morgan fingerprint density at radius 1 is 1.38 bits per heavy atom. The third kappa shape index (κ3) is 4.61. The molecule has 0 heterocycles. The second-order valence-corrected chi connectivity index (χ2v) is 4.42. The molecule has 0 spiro atoms. The van der Waals surface area contributed by atoms with Gasteiger partial charge in [0.1, 0.15) is 0 Å². The predicted molar refractivity (Wildman–Crippen MR) is 63.8 cm³/mol. The molecule has 0 saturated heterocycles. The first-order valence-electron chi connectivity index (χ1n) is 5.61. The van der Waals surface area contributed by atoms with Crippen LogP contribution in [0.25, 0.3) is 0 Å². The van der Waals surface area contributed by atoms with Crippen molar-refractivity contribution in [2.75, 3.05) is 20.1 Å². The summed E-state index contributed by atoms with van der Waals surface area (Å²) >= 11 is 0. The molecule has 2 amide bonds. The van der Waals surface area contributed by atoms with Crippen LogP contribution in [0.4, 0.5) is 0 Å². The molecule has 0 aromatic carbocycles. The lowest BCUT2D eigenvalue weighted by Crippen LogP contribution is -2.54. The number of hydrogen-bond acceptors (Lipinski definition) is 3. The third-order valence-electron chi connectivity index (χ3n) is 2.58. The monoisotopic (exact) mass is 229 g/mol. The number of amides is 2. The maximum atomic E-state index is 12.1. The molecular formula is C11H23N3O2. The number of nitrogens with zero attached hydrogens (tertiary/aromatic N) is 1. The normalized spacial score (nSPS) is 11.2. The molecule has 16 heavy (non-hydrogen) atoms. The molecule has 0 fully saturated rings. The number of carbonyl (C=O) groups excluding carboxylic acids is 2. The molecule has 0 aromatic heterocycles. The minimum Gasteiger partial charge on any atom is -0.368 e. The van der Waals surface area contributed by atoms with Crippen molar-refractivity contribution in [3.63, 3.8) is 0 Å². The second-order valence-electron chi connectivity index (χ2n) is 4.42. The van der Waals surface area contributed by atoms with Gasteiger partial charge in [-0.15, -0.1) is 0 Å². The molecule has 0 atom stereocenters. The zero-order valence-electron chi connectivity index (χ0n) is 10.7. The van der Waals surface area contributed by atoms with Crippen molar-refractivity contribution in [1.82, 2.24) is 10.2 Å². The fourth-order valence-corrected chi connectivity index (χ4v) is 1.29. The van der Waals surface area contributed by atoms with Gasteiger partial charge in [-0.05, 0) is 27.3 Å². The highest BCUT2D eigenvalue weighted by molar-refractivity contribution is 5.89. The minimum absolute atomic E-state index is 0.00998. The molecule has 0 aromatic rings. The van der Waals surface area contributed by atoms with Crippen molar-refractivity contribution >= 4 is 11.8 Å². The van der Waals surface area contributed by atoms with Gasteiger partial charge < -0.3 is 16.0 Å². The Morgan fingerprint density at radius 3 is 2.31 bits per heavy atom. The summed E-state index contributed by atoms with van der Waals surface area (Å²) < 4.78 is 0. The topological polar surface area (TPSA) is 75.4 Å². The van der Waals surface area contributed by atoms with Crippen LogP contribution >= 0.6 is 0 Å².